The fraction of sp³-hybridized carbons (Fsp3) is 0.850. The number of aryl methyl sites for hydroxylation is 1. The Morgan fingerprint density at radius 2 is 1.85 bits per heavy atom. The third-order valence-electron chi connectivity index (χ3n) is 6.56. The molecule has 3 fully saturated rings. The number of hydrogen-bond acceptors (Lipinski definition) is 6. The van der Waals surface area contributed by atoms with Crippen LogP contribution < -0.4 is 0 Å². The fourth-order valence-electron chi connectivity index (χ4n) is 4.93. The van der Waals surface area contributed by atoms with Crippen molar-refractivity contribution in [3.05, 3.63) is 11.4 Å². The Kier molecular flexibility index (Phi) is 6.08. The lowest BCUT2D eigenvalue weighted by Crippen LogP contribution is -2.45. The number of carbonyl (C=O) groups excluding carboxylic acids is 1. The molecule has 0 N–H and O–H groups in total. The van der Waals surface area contributed by atoms with Crippen molar-refractivity contribution in [3.8, 4) is 0 Å². The van der Waals surface area contributed by atoms with E-state index in [1.807, 2.05) is 4.90 Å². The van der Waals surface area contributed by atoms with E-state index in [1.54, 1.807) is 6.92 Å². The van der Waals surface area contributed by atoms with Crippen LogP contribution in [-0.4, -0.2) is 71.0 Å². The summed E-state index contributed by atoms with van der Waals surface area (Å²) in [6.45, 7) is 6.34. The molecule has 1 aliphatic carbocycles. The van der Waals surface area contributed by atoms with Crippen LogP contribution in [0.2, 0.25) is 0 Å². The van der Waals surface area contributed by atoms with Crippen molar-refractivity contribution in [2.75, 3.05) is 32.8 Å². The second kappa shape index (κ2) is 8.69. The topological polar surface area (TPSA) is 71.7 Å². The minimum absolute atomic E-state index is 0.0672. The van der Waals surface area contributed by atoms with Gasteiger partial charge in [0.15, 0.2) is 5.69 Å². The molecule has 1 atom stereocenters. The van der Waals surface area contributed by atoms with E-state index in [0.717, 1.165) is 32.0 Å². The Labute approximate surface area is 161 Å². The molecular weight excluding hydrogens is 344 g/mol. The van der Waals surface area contributed by atoms with Gasteiger partial charge in [0.05, 0.1) is 6.10 Å². The summed E-state index contributed by atoms with van der Waals surface area (Å²) < 4.78 is 10.6. The first-order chi connectivity index (χ1) is 13.2. The molecule has 2 aliphatic heterocycles. The van der Waals surface area contributed by atoms with Gasteiger partial charge in [0, 0.05) is 25.7 Å². The predicted molar refractivity (Wildman–Crippen MR) is 100 cm³/mol. The van der Waals surface area contributed by atoms with Crippen LogP contribution in [0.1, 0.15) is 67.5 Å². The lowest BCUT2D eigenvalue weighted by Gasteiger charge is -2.38. The van der Waals surface area contributed by atoms with Gasteiger partial charge >= 0.3 is 0 Å². The summed E-state index contributed by atoms with van der Waals surface area (Å²) in [5.74, 6) is 0.482. The number of likely N-dealkylation sites (tertiary alicyclic amines) is 1. The molecule has 7 heteroatoms. The van der Waals surface area contributed by atoms with Gasteiger partial charge in [-0.2, -0.15) is 0 Å². The molecule has 0 spiro atoms. The van der Waals surface area contributed by atoms with Crippen LogP contribution in [0.25, 0.3) is 0 Å². The first kappa shape index (κ1) is 18.9. The third kappa shape index (κ3) is 4.51. The lowest BCUT2D eigenvalue weighted by molar-refractivity contribution is 0.0421. The molecule has 3 aliphatic rings. The number of rotatable bonds is 6. The summed E-state index contributed by atoms with van der Waals surface area (Å²) in [6, 6.07) is 0.805. The van der Waals surface area contributed by atoms with Gasteiger partial charge in [-0.15, -0.1) is 0 Å². The maximum absolute atomic E-state index is 13.1. The van der Waals surface area contributed by atoms with E-state index in [4.69, 9.17) is 9.37 Å². The van der Waals surface area contributed by atoms with Crippen molar-refractivity contribution in [2.24, 2.45) is 5.92 Å². The number of aromatic nitrogens is 2. The van der Waals surface area contributed by atoms with Crippen LogP contribution in [0.5, 0.6) is 0 Å². The zero-order valence-electron chi connectivity index (χ0n) is 16.4. The monoisotopic (exact) mass is 376 g/mol. The molecule has 0 bridgehead atoms. The molecule has 1 amide bonds. The maximum Gasteiger partial charge on any atom is 0.278 e. The van der Waals surface area contributed by atoms with Crippen LogP contribution in [0, 0.1) is 12.8 Å². The first-order valence-electron chi connectivity index (χ1n) is 10.6. The Bertz CT molecular complexity index is 614. The Morgan fingerprint density at radius 1 is 1.07 bits per heavy atom. The van der Waals surface area contributed by atoms with Gasteiger partial charge in [-0.3, -0.25) is 4.79 Å². The first-order valence-corrected chi connectivity index (χ1v) is 10.6. The quantitative estimate of drug-likeness (QED) is 0.760. The highest BCUT2D eigenvalue weighted by Crippen LogP contribution is 2.28. The molecule has 1 saturated carbocycles. The Balaban J connectivity index is 1.37. The number of ether oxygens (including phenoxy) is 1. The minimum atomic E-state index is -0.0672. The molecular formula is C20H32N4O3. The predicted octanol–water partition coefficient (Wildman–Crippen LogP) is 2.65. The molecule has 3 heterocycles. The van der Waals surface area contributed by atoms with Gasteiger partial charge < -0.3 is 14.5 Å². The highest BCUT2D eigenvalue weighted by molar-refractivity contribution is 5.93. The number of nitrogens with zero attached hydrogens (tertiary/aromatic N) is 4. The van der Waals surface area contributed by atoms with Crippen molar-refractivity contribution in [1.29, 1.82) is 0 Å². The van der Waals surface area contributed by atoms with Gasteiger partial charge in [0.1, 0.15) is 5.69 Å². The van der Waals surface area contributed by atoms with E-state index < -0.39 is 0 Å². The number of piperidine rings is 1. The summed E-state index contributed by atoms with van der Waals surface area (Å²) >= 11 is 0. The fourth-order valence-corrected chi connectivity index (χ4v) is 4.93. The largest absolute Gasteiger partial charge is 0.376 e. The van der Waals surface area contributed by atoms with Crippen molar-refractivity contribution in [1.82, 2.24) is 20.1 Å². The molecule has 7 nitrogen and oxygen atoms in total. The van der Waals surface area contributed by atoms with Crippen molar-refractivity contribution in [2.45, 2.75) is 70.4 Å². The van der Waals surface area contributed by atoms with Crippen LogP contribution in [-0.2, 0) is 4.74 Å². The summed E-state index contributed by atoms with van der Waals surface area (Å²) in [4.78, 5) is 17.7. The SMILES string of the molecule is Cc1nonc1C(=O)N(CC1CCN(C2CCCC2)CC1)CC1CCCO1. The molecule has 150 valence electrons. The molecule has 1 aromatic rings. The number of hydrogen-bond donors (Lipinski definition) is 0. The summed E-state index contributed by atoms with van der Waals surface area (Å²) in [5, 5.41) is 7.62. The van der Waals surface area contributed by atoms with E-state index in [2.05, 4.69) is 15.2 Å². The second-order valence-corrected chi connectivity index (χ2v) is 8.46. The van der Waals surface area contributed by atoms with E-state index in [0.29, 0.717) is 23.9 Å². The molecule has 27 heavy (non-hydrogen) atoms. The highest BCUT2D eigenvalue weighted by Gasteiger charge is 2.31. The zero-order valence-corrected chi connectivity index (χ0v) is 16.4. The standard InChI is InChI=1S/C20H32N4O3/c1-15-19(22-27-21-15)20(25)24(14-18-7-4-12-26-18)13-16-8-10-23(11-9-16)17-5-2-3-6-17/h16-18H,2-14H2,1H3. The molecule has 0 aromatic carbocycles. The molecule has 1 unspecified atom stereocenters. The van der Waals surface area contributed by atoms with Crippen LogP contribution >= 0.6 is 0 Å². The summed E-state index contributed by atoms with van der Waals surface area (Å²) in [6.07, 6.45) is 10.1. The van der Waals surface area contributed by atoms with Gasteiger partial charge in [0.2, 0.25) is 0 Å². The Morgan fingerprint density at radius 3 is 2.48 bits per heavy atom. The van der Waals surface area contributed by atoms with E-state index in [9.17, 15) is 4.79 Å². The normalized spacial score (nSPS) is 25.3. The molecule has 2 saturated heterocycles. The summed E-state index contributed by atoms with van der Waals surface area (Å²) in [7, 11) is 0. The van der Waals surface area contributed by atoms with E-state index in [1.165, 1.54) is 51.6 Å². The van der Waals surface area contributed by atoms with E-state index in [-0.39, 0.29) is 12.0 Å². The van der Waals surface area contributed by atoms with Gasteiger partial charge in [-0.25, -0.2) is 4.63 Å². The lowest BCUT2D eigenvalue weighted by atomic mass is 9.94. The average molecular weight is 377 g/mol. The maximum atomic E-state index is 13.1. The van der Waals surface area contributed by atoms with Crippen molar-refractivity contribution >= 4 is 5.91 Å². The van der Waals surface area contributed by atoms with Crippen LogP contribution in [0.4, 0.5) is 0 Å². The van der Waals surface area contributed by atoms with Gasteiger partial charge in [-0.1, -0.05) is 18.0 Å². The zero-order chi connectivity index (χ0) is 18.6. The molecule has 0 radical (unpaired) electrons. The summed E-state index contributed by atoms with van der Waals surface area (Å²) in [5.41, 5.74) is 0.907. The van der Waals surface area contributed by atoms with E-state index >= 15 is 0 Å². The Hall–Kier alpha value is -1.47. The minimum Gasteiger partial charge on any atom is -0.376 e. The second-order valence-electron chi connectivity index (χ2n) is 8.46. The number of carbonyl (C=O) groups is 1. The van der Waals surface area contributed by atoms with Crippen molar-refractivity contribution in [3.63, 3.8) is 0 Å². The average Bonchev–Trinajstić information content (AvgIpc) is 3.44. The van der Waals surface area contributed by atoms with Crippen LogP contribution in [0.15, 0.2) is 4.63 Å². The molecule has 1 aromatic heterocycles. The molecule has 4 rings (SSSR count). The number of amides is 1. The highest BCUT2D eigenvalue weighted by atomic mass is 16.6. The smallest absolute Gasteiger partial charge is 0.278 e. The van der Waals surface area contributed by atoms with Crippen LogP contribution in [0.3, 0.4) is 0 Å². The third-order valence-corrected chi connectivity index (χ3v) is 6.56. The van der Waals surface area contributed by atoms with Gasteiger partial charge in [-0.05, 0) is 69.6 Å². The van der Waals surface area contributed by atoms with Crippen molar-refractivity contribution < 1.29 is 14.2 Å². The van der Waals surface area contributed by atoms with Gasteiger partial charge in [0.25, 0.3) is 5.91 Å².